The Labute approximate surface area is 134 Å². The first kappa shape index (κ1) is 13.2. The lowest BCUT2D eigenvalue weighted by Gasteiger charge is -2.50. The number of nitrogens with one attached hydrogen (secondary N) is 1. The van der Waals surface area contributed by atoms with Gasteiger partial charge in [0, 0.05) is 30.2 Å². The lowest BCUT2D eigenvalue weighted by atomic mass is 9.75. The number of pyridine rings is 2. The van der Waals surface area contributed by atoms with E-state index in [0.29, 0.717) is 11.9 Å². The molecule has 6 heteroatoms. The maximum absolute atomic E-state index is 6.28. The molecule has 6 heterocycles. The number of rotatable bonds is 1. The van der Waals surface area contributed by atoms with E-state index >= 15 is 0 Å². The van der Waals surface area contributed by atoms with Gasteiger partial charge < -0.3 is 4.74 Å². The molecule has 0 radical (unpaired) electrons. The number of ether oxygens (including phenoxy) is 1. The zero-order valence-electron chi connectivity index (χ0n) is 12.9. The van der Waals surface area contributed by atoms with Crippen molar-refractivity contribution in [1.29, 1.82) is 0 Å². The van der Waals surface area contributed by atoms with Crippen LogP contribution in [0.15, 0.2) is 35.6 Å². The second kappa shape index (κ2) is 4.89. The fourth-order valence-corrected chi connectivity index (χ4v) is 4.09. The summed E-state index contributed by atoms with van der Waals surface area (Å²) >= 11 is 0. The van der Waals surface area contributed by atoms with Crippen molar-refractivity contribution in [2.45, 2.75) is 18.4 Å². The van der Waals surface area contributed by atoms with Gasteiger partial charge in [-0.25, -0.2) is 9.98 Å². The van der Waals surface area contributed by atoms with Crippen molar-refractivity contribution >= 4 is 22.7 Å². The summed E-state index contributed by atoms with van der Waals surface area (Å²) in [4.78, 5) is 15.8. The van der Waals surface area contributed by atoms with E-state index in [1.54, 1.807) is 6.20 Å². The molecule has 3 fully saturated rings. The SMILES string of the molecule is c1cc2nc(NC3=NCC4(CN5CCC4CC5)O3)ccc2cn1. The Morgan fingerprint density at radius 1 is 1.22 bits per heavy atom. The maximum Gasteiger partial charge on any atom is 0.291 e. The Morgan fingerprint density at radius 3 is 2.96 bits per heavy atom. The number of aliphatic imine (C=N–C) groups is 1. The van der Waals surface area contributed by atoms with Crippen LogP contribution in [0.3, 0.4) is 0 Å². The smallest absolute Gasteiger partial charge is 0.291 e. The molecule has 0 aromatic carbocycles. The highest BCUT2D eigenvalue weighted by atomic mass is 16.5. The van der Waals surface area contributed by atoms with Crippen LogP contribution in [0.4, 0.5) is 5.82 Å². The van der Waals surface area contributed by atoms with Gasteiger partial charge in [-0.15, -0.1) is 0 Å². The minimum absolute atomic E-state index is 0.112. The first-order valence-corrected chi connectivity index (χ1v) is 8.24. The van der Waals surface area contributed by atoms with Crippen LogP contribution in [0.2, 0.25) is 0 Å². The monoisotopic (exact) mass is 309 g/mol. The minimum Gasteiger partial charge on any atom is -0.455 e. The number of hydrogen-bond acceptors (Lipinski definition) is 6. The predicted molar refractivity (Wildman–Crippen MR) is 88.4 cm³/mol. The Balaban J connectivity index is 1.35. The molecule has 2 bridgehead atoms. The van der Waals surface area contributed by atoms with Gasteiger partial charge in [0.25, 0.3) is 6.02 Å². The number of fused-ring (bicyclic) bond motifs is 3. The minimum atomic E-state index is -0.112. The molecule has 3 saturated heterocycles. The number of aromatic nitrogens is 2. The number of nitrogens with zero attached hydrogens (tertiary/aromatic N) is 4. The fraction of sp³-hybridized carbons (Fsp3) is 0.471. The van der Waals surface area contributed by atoms with Gasteiger partial charge in [-0.05, 0) is 44.1 Å². The molecule has 2 aromatic heterocycles. The molecule has 4 aliphatic rings. The van der Waals surface area contributed by atoms with Crippen LogP contribution in [0, 0.1) is 5.92 Å². The van der Waals surface area contributed by atoms with Crippen LogP contribution in [-0.2, 0) is 4.74 Å². The molecule has 0 aliphatic carbocycles. The van der Waals surface area contributed by atoms with Crippen LogP contribution in [0.1, 0.15) is 12.8 Å². The Hall–Kier alpha value is -2.21. The number of hydrogen-bond donors (Lipinski definition) is 1. The van der Waals surface area contributed by atoms with Crippen molar-refractivity contribution in [3.05, 3.63) is 30.6 Å². The van der Waals surface area contributed by atoms with Crippen LogP contribution >= 0.6 is 0 Å². The van der Waals surface area contributed by atoms with Crippen molar-refractivity contribution in [3.63, 3.8) is 0 Å². The molecule has 0 amide bonds. The third-order valence-electron chi connectivity index (χ3n) is 5.34. The normalized spacial score (nSPS) is 32.1. The molecule has 4 aliphatic heterocycles. The molecular weight excluding hydrogens is 290 g/mol. The van der Waals surface area contributed by atoms with E-state index < -0.39 is 0 Å². The zero-order chi connectivity index (χ0) is 15.3. The van der Waals surface area contributed by atoms with Gasteiger partial charge >= 0.3 is 0 Å². The summed E-state index contributed by atoms with van der Waals surface area (Å²) in [7, 11) is 0. The second-order valence-electron chi connectivity index (χ2n) is 6.73. The zero-order valence-corrected chi connectivity index (χ0v) is 12.9. The molecule has 6 rings (SSSR count). The summed E-state index contributed by atoms with van der Waals surface area (Å²) in [6.07, 6.45) is 6.02. The molecular formula is C17H19N5O. The number of anilines is 1. The highest BCUT2D eigenvalue weighted by Crippen LogP contribution is 2.40. The first-order valence-electron chi connectivity index (χ1n) is 8.24. The Bertz CT molecular complexity index is 783. The molecule has 118 valence electrons. The average Bonchev–Trinajstić information content (AvgIpc) is 2.98. The summed E-state index contributed by atoms with van der Waals surface area (Å²) in [6.45, 7) is 4.18. The Kier molecular flexibility index (Phi) is 2.82. The van der Waals surface area contributed by atoms with Crippen molar-refractivity contribution in [2.24, 2.45) is 10.9 Å². The van der Waals surface area contributed by atoms with E-state index in [-0.39, 0.29) is 5.60 Å². The number of piperidine rings is 3. The maximum atomic E-state index is 6.28. The second-order valence-corrected chi connectivity index (χ2v) is 6.73. The fourth-order valence-electron chi connectivity index (χ4n) is 4.09. The summed E-state index contributed by atoms with van der Waals surface area (Å²) in [5.74, 6) is 1.40. The molecule has 1 spiro atoms. The molecule has 23 heavy (non-hydrogen) atoms. The topological polar surface area (TPSA) is 62.6 Å². The van der Waals surface area contributed by atoms with Crippen molar-refractivity contribution in [3.8, 4) is 0 Å². The standard InChI is InChI=1S/C17H19N5O/c1-2-15(20-14-3-6-18-9-12(1)14)21-16-19-10-17(23-16)11-22-7-4-13(17)5-8-22/h1-3,6,9,13H,4-5,7-8,10-11H2,(H,19,20,21). The van der Waals surface area contributed by atoms with Gasteiger partial charge in [-0.1, -0.05) is 0 Å². The van der Waals surface area contributed by atoms with Crippen molar-refractivity contribution < 1.29 is 4.74 Å². The average molecular weight is 309 g/mol. The van der Waals surface area contributed by atoms with Gasteiger partial charge in [0.2, 0.25) is 0 Å². The summed E-state index contributed by atoms with van der Waals surface area (Å²) < 4.78 is 6.28. The molecule has 1 N–H and O–H groups in total. The highest BCUT2D eigenvalue weighted by Gasteiger charge is 2.51. The van der Waals surface area contributed by atoms with Gasteiger partial charge in [0.1, 0.15) is 11.4 Å². The van der Waals surface area contributed by atoms with E-state index in [4.69, 9.17) is 4.74 Å². The lowest BCUT2D eigenvalue weighted by Crippen LogP contribution is -2.61. The van der Waals surface area contributed by atoms with Crippen LogP contribution in [0.5, 0.6) is 0 Å². The van der Waals surface area contributed by atoms with E-state index in [9.17, 15) is 0 Å². The highest BCUT2D eigenvalue weighted by molar-refractivity contribution is 5.91. The largest absolute Gasteiger partial charge is 0.455 e. The van der Waals surface area contributed by atoms with Crippen molar-refractivity contribution in [1.82, 2.24) is 14.9 Å². The first-order chi connectivity index (χ1) is 11.3. The predicted octanol–water partition coefficient (Wildman–Crippen LogP) is 1.89. The lowest BCUT2D eigenvalue weighted by molar-refractivity contribution is -0.0829. The molecule has 0 saturated carbocycles. The van der Waals surface area contributed by atoms with E-state index in [2.05, 4.69) is 25.2 Å². The van der Waals surface area contributed by atoms with Gasteiger partial charge in [-0.2, -0.15) is 0 Å². The molecule has 6 nitrogen and oxygen atoms in total. The van der Waals surface area contributed by atoms with Crippen LogP contribution in [-0.4, -0.2) is 52.7 Å². The molecule has 2 aromatic rings. The van der Waals surface area contributed by atoms with Crippen LogP contribution < -0.4 is 5.32 Å². The van der Waals surface area contributed by atoms with Gasteiger partial charge in [0.15, 0.2) is 0 Å². The molecule has 1 unspecified atom stereocenters. The van der Waals surface area contributed by atoms with Gasteiger partial charge in [-0.3, -0.25) is 15.2 Å². The van der Waals surface area contributed by atoms with Crippen LogP contribution in [0.25, 0.3) is 10.9 Å². The summed E-state index contributed by atoms with van der Waals surface area (Å²) in [6, 6.07) is 6.47. The quantitative estimate of drug-likeness (QED) is 0.871. The third kappa shape index (κ3) is 2.16. The van der Waals surface area contributed by atoms with E-state index in [1.165, 1.54) is 25.9 Å². The molecule has 1 atom stereocenters. The van der Waals surface area contributed by atoms with Crippen molar-refractivity contribution in [2.75, 3.05) is 31.5 Å². The summed E-state index contributed by atoms with van der Waals surface area (Å²) in [5.41, 5.74) is 0.806. The van der Waals surface area contributed by atoms with Gasteiger partial charge in [0.05, 0.1) is 12.1 Å². The van der Waals surface area contributed by atoms with E-state index in [1.807, 2.05) is 24.4 Å². The number of amidine groups is 1. The summed E-state index contributed by atoms with van der Waals surface area (Å²) in [5, 5.41) is 4.27. The third-order valence-corrected chi connectivity index (χ3v) is 5.34. The Morgan fingerprint density at radius 2 is 2.13 bits per heavy atom. The van der Waals surface area contributed by atoms with E-state index in [0.717, 1.165) is 29.8 Å².